The molecule has 37 heavy (non-hydrogen) atoms. The van der Waals surface area contributed by atoms with Crippen molar-refractivity contribution in [1.29, 1.82) is 0 Å². The van der Waals surface area contributed by atoms with Crippen LogP contribution in [0.5, 0.6) is 0 Å². The van der Waals surface area contributed by atoms with Gasteiger partial charge >= 0.3 is 5.97 Å². The maximum atomic E-state index is 13.1. The van der Waals surface area contributed by atoms with Gasteiger partial charge in [0.15, 0.2) is 5.71 Å². The van der Waals surface area contributed by atoms with Crippen LogP contribution in [0, 0.1) is 0 Å². The number of hydrogen-bond donors (Lipinski definition) is 3. The van der Waals surface area contributed by atoms with Crippen LogP contribution in [-0.2, 0) is 31.1 Å². The molecule has 3 N–H and O–H groups in total. The zero-order chi connectivity index (χ0) is 26.5. The van der Waals surface area contributed by atoms with Crippen molar-refractivity contribution in [3.8, 4) is 0 Å². The fourth-order valence-corrected chi connectivity index (χ4v) is 5.88. The number of amides is 3. The number of carboxylic acids is 1. The van der Waals surface area contributed by atoms with Crippen molar-refractivity contribution in [2.45, 2.75) is 23.5 Å². The molecule has 0 aliphatic carbocycles. The van der Waals surface area contributed by atoms with Crippen LogP contribution >= 0.6 is 23.5 Å². The third-order valence-electron chi connectivity index (χ3n) is 5.19. The average Bonchev–Trinajstić information content (AvgIpc) is 3.30. The van der Waals surface area contributed by atoms with Crippen LogP contribution in [0.25, 0.3) is 0 Å². The number of aliphatic carboxylic acids is 1. The Bertz CT molecular complexity index is 1300. The Hall–Kier alpha value is -3.99. The lowest BCUT2D eigenvalue weighted by Gasteiger charge is -2.49. The van der Waals surface area contributed by atoms with E-state index in [1.54, 1.807) is 20.0 Å². The predicted octanol–water partition coefficient (Wildman–Crippen LogP) is -0.555. The zero-order valence-corrected chi connectivity index (χ0v) is 21.2. The first-order chi connectivity index (χ1) is 17.8. The fourth-order valence-electron chi connectivity index (χ4n) is 3.54. The van der Waals surface area contributed by atoms with Crippen molar-refractivity contribution in [3.05, 3.63) is 35.2 Å². The number of nitrogens with zero attached hydrogens (tertiary/aromatic N) is 7. The molecule has 194 valence electrons. The number of nitrogens with one attached hydrogen (secondary N) is 2. The molecule has 0 bridgehead atoms. The lowest BCUT2D eigenvalue weighted by molar-refractivity contribution is -0.150. The second-order valence-electron chi connectivity index (χ2n) is 7.52. The molecule has 0 radical (unpaired) electrons. The van der Waals surface area contributed by atoms with Gasteiger partial charge in [0, 0.05) is 18.6 Å². The molecule has 4 rings (SSSR count). The van der Waals surface area contributed by atoms with Crippen LogP contribution in [0.4, 0.5) is 5.82 Å². The van der Waals surface area contributed by atoms with Gasteiger partial charge in [-0.25, -0.2) is 14.5 Å². The smallest absolute Gasteiger partial charge is 0.352 e. The van der Waals surface area contributed by atoms with Crippen LogP contribution in [0.15, 0.2) is 39.8 Å². The molecule has 4 heterocycles. The Morgan fingerprint density at radius 3 is 2.89 bits per heavy atom. The number of rotatable bonds is 11. The molecule has 1 unspecified atom stereocenters. The van der Waals surface area contributed by atoms with E-state index in [1.807, 2.05) is 0 Å². The minimum Gasteiger partial charge on any atom is -0.477 e. The molecule has 17 heteroatoms. The van der Waals surface area contributed by atoms with Crippen LogP contribution in [0.2, 0.25) is 0 Å². The fraction of sp³-hybridized carbons (Fsp3) is 0.350. The van der Waals surface area contributed by atoms with Gasteiger partial charge in [0.2, 0.25) is 11.6 Å². The number of pyridine rings is 1. The van der Waals surface area contributed by atoms with Crippen molar-refractivity contribution < 1.29 is 29.1 Å². The standard InChI is InChI=1S/C20H21N9O6S2/c1-3-35-25-13(11-5-4-6-12(22-11)21-9-30)16(31)23-14-17(32)29-15(19(33)34)10(7-36-18(14)29)8-37-20-24-26-27-28(20)2/h4-6,9,14,18H,3,7-8H2,1-2H3,(H,23,31)(H,33,34)(H,21,22,30)/t14?,18-/m1/s1. The van der Waals surface area contributed by atoms with Crippen molar-refractivity contribution in [1.82, 2.24) is 35.4 Å². The van der Waals surface area contributed by atoms with Gasteiger partial charge in [-0.1, -0.05) is 23.0 Å². The van der Waals surface area contributed by atoms with Crippen LogP contribution in [-0.4, -0.2) is 94.6 Å². The van der Waals surface area contributed by atoms with Gasteiger partial charge in [0.25, 0.3) is 11.8 Å². The molecule has 15 nitrogen and oxygen atoms in total. The summed E-state index contributed by atoms with van der Waals surface area (Å²) in [6, 6.07) is 3.61. The van der Waals surface area contributed by atoms with E-state index in [0.717, 1.165) is 0 Å². The van der Waals surface area contributed by atoms with E-state index in [-0.39, 0.29) is 35.3 Å². The second kappa shape index (κ2) is 11.4. The highest BCUT2D eigenvalue weighted by Crippen LogP contribution is 2.41. The van der Waals surface area contributed by atoms with Gasteiger partial charge < -0.3 is 20.6 Å². The maximum absolute atomic E-state index is 13.1. The topological polar surface area (TPSA) is 194 Å². The lowest BCUT2D eigenvalue weighted by Crippen LogP contribution is -2.71. The summed E-state index contributed by atoms with van der Waals surface area (Å²) in [5.41, 5.74) is 0.342. The van der Waals surface area contributed by atoms with Gasteiger partial charge in [-0.3, -0.25) is 19.3 Å². The molecule has 2 aromatic rings. The second-order valence-corrected chi connectivity index (χ2v) is 9.57. The number of tetrazole rings is 1. The Morgan fingerprint density at radius 2 is 2.22 bits per heavy atom. The van der Waals surface area contributed by atoms with E-state index in [1.165, 1.54) is 45.2 Å². The third-order valence-corrected chi connectivity index (χ3v) is 7.63. The van der Waals surface area contributed by atoms with Gasteiger partial charge in [-0.2, -0.15) is 0 Å². The monoisotopic (exact) mass is 547 g/mol. The van der Waals surface area contributed by atoms with Crippen molar-refractivity contribution >= 4 is 59.2 Å². The molecule has 2 atom stereocenters. The number of aryl methyl sites for hydroxylation is 1. The highest BCUT2D eigenvalue weighted by molar-refractivity contribution is 8.01. The molecule has 0 aromatic carbocycles. The number of β-lactam (4-membered cyclic amide) rings is 1. The van der Waals surface area contributed by atoms with E-state index in [4.69, 9.17) is 4.84 Å². The van der Waals surface area contributed by atoms with Crippen molar-refractivity contribution in [3.63, 3.8) is 0 Å². The number of fused-ring (bicyclic) bond motifs is 1. The quantitative estimate of drug-likeness (QED) is 0.107. The predicted molar refractivity (Wildman–Crippen MR) is 131 cm³/mol. The van der Waals surface area contributed by atoms with E-state index >= 15 is 0 Å². The number of carboxylic acid groups (broad SMARTS) is 1. The van der Waals surface area contributed by atoms with Crippen molar-refractivity contribution in [2.24, 2.45) is 12.2 Å². The minimum atomic E-state index is -1.24. The highest BCUT2D eigenvalue weighted by atomic mass is 32.2. The summed E-state index contributed by atoms with van der Waals surface area (Å²) in [7, 11) is 1.67. The molecule has 0 saturated carbocycles. The number of oxime groups is 1. The molecule has 1 saturated heterocycles. The Kier molecular flexibility index (Phi) is 8.02. The normalized spacial score (nSPS) is 19.1. The summed E-state index contributed by atoms with van der Waals surface area (Å²) in [6.07, 6.45) is 0.442. The van der Waals surface area contributed by atoms with E-state index in [9.17, 15) is 24.3 Å². The minimum absolute atomic E-state index is 0.112. The number of aromatic nitrogens is 5. The number of hydrogen-bond acceptors (Lipinski definition) is 12. The SMILES string of the molecule is CCON=C(C(=O)NC1C(=O)N2C(C(=O)O)=C(CSc3nnnn3C)CS[C@H]12)c1cccc(NC=O)n1. The van der Waals surface area contributed by atoms with Gasteiger partial charge in [-0.05, 0) is 35.1 Å². The number of carbonyl (C=O) groups is 4. The summed E-state index contributed by atoms with van der Waals surface area (Å²) >= 11 is 2.59. The summed E-state index contributed by atoms with van der Waals surface area (Å²) < 4.78 is 1.46. The lowest BCUT2D eigenvalue weighted by atomic mass is 10.0. The van der Waals surface area contributed by atoms with E-state index in [0.29, 0.717) is 22.9 Å². The number of carbonyl (C=O) groups excluding carboxylic acids is 3. The molecule has 1 fully saturated rings. The largest absolute Gasteiger partial charge is 0.477 e. The molecule has 0 spiro atoms. The summed E-state index contributed by atoms with van der Waals surface area (Å²) in [5.74, 6) is -1.74. The first-order valence-electron chi connectivity index (χ1n) is 10.8. The third kappa shape index (κ3) is 5.41. The summed E-state index contributed by atoms with van der Waals surface area (Å²) in [5, 5.41) is 29.8. The Morgan fingerprint density at radius 1 is 1.41 bits per heavy atom. The highest BCUT2D eigenvalue weighted by Gasteiger charge is 2.54. The first-order valence-corrected chi connectivity index (χ1v) is 12.8. The number of anilines is 1. The van der Waals surface area contributed by atoms with Gasteiger partial charge in [0.05, 0.1) is 0 Å². The first kappa shape index (κ1) is 26.1. The Labute approximate surface area is 218 Å². The summed E-state index contributed by atoms with van der Waals surface area (Å²) in [6.45, 7) is 1.86. The van der Waals surface area contributed by atoms with Crippen LogP contribution in [0.1, 0.15) is 12.6 Å². The average molecular weight is 548 g/mol. The molecule has 2 aliphatic rings. The van der Waals surface area contributed by atoms with Gasteiger partial charge in [-0.15, -0.1) is 16.9 Å². The molecular formula is C20H21N9O6S2. The molecule has 2 aromatic heterocycles. The molecule has 2 aliphatic heterocycles. The van der Waals surface area contributed by atoms with Crippen LogP contribution in [0.3, 0.4) is 0 Å². The number of thioether (sulfide) groups is 2. The van der Waals surface area contributed by atoms with Crippen LogP contribution < -0.4 is 10.6 Å². The Balaban J connectivity index is 1.51. The van der Waals surface area contributed by atoms with E-state index in [2.05, 4.69) is 36.3 Å². The summed E-state index contributed by atoms with van der Waals surface area (Å²) in [4.78, 5) is 59.3. The molecule has 3 amide bonds. The van der Waals surface area contributed by atoms with Crippen molar-refractivity contribution in [2.75, 3.05) is 23.4 Å². The maximum Gasteiger partial charge on any atom is 0.352 e. The van der Waals surface area contributed by atoms with Gasteiger partial charge in [0.1, 0.15) is 35.2 Å². The zero-order valence-electron chi connectivity index (χ0n) is 19.5. The molecular weight excluding hydrogens is 526 g/mol. The van der Waals surface area contributed by atoms with E-state index < -0.39 is 29.2 Å².